The largest absolute Gasteiger partial charge is 0.503 e. The Morgan fingerprint density at radius 1 is 1.06 bits per heavy atom. The maximum Gasteiger partial charge on any atom is 0.193 e. The molecular weight excluding hydrogens is 432 g/mol. The normalized spacial score (nSPS) is 15.8. The molecular formula is C24H19ClN2O3S. The van der Waals surface area contributed by atoms with E-state index in [4.69, 9.17) is 28.6 Å². The van der Waals surface area contributed by atoms with Gasteiger partial charge in [0.2, 0.25) is 0 Å². The van der Waals surface area contributed by atoms with Crippen LogP contribution in [-0.4, -0.2) is 23.1 Å². The van der Waals surface area contributed by atoms with Crippen LogP contribution in [0, 0.1) is 0 Å². The number of hydrogen-bond donors (Lipinski definition) is 3. The molecule has 1 heterocycles. The summed E-state index contributed by atoms with van der Waals surface area (Å²) in [6, 6.07) is 21.2. The molecule has 0 aromatic heterocycles. The van der Waals surface area contributed by atoms with Crippen molar-refractivity contribution in [3.8, 4) is 11.5 Å². The first-order valence-electron chi connectivity index (χ1n) is 9.53. The predicted molar refractivity (Wildman–Crippen MR) is 125 cm³/mol. The fraction of sp³-hybridized carbons (Fsp3) is 0.0833. The number of benzene rings is 3. The highest BCUT2D eigenvalue weighted by molar-refractivity contribution is 7.80. The molecule has 0 saturated heterocycles. The summed E-state index contributed by atoms with van der Waals surface area (Å²) in [5, 5.41) is 17.0. The molecule has 31 heavy (non-hydrogen) atoms. The maximum absolute atomic E-state index is 13.7. The number of phenolic OH excluding ortho intramolecular Hbond substituents is 1. The Morgan fingerprint density at radius 3 is 2.35 bits per heavy atom. The molecule has 1 aliphatic heterocycles. The molecule has 156 valence electrons. The van der Waals surface area contributed by atoms with Crippen LogP contribution in [0.2, 0.25) is 5.02 Å². The minimum atomic E-state index is -0.608. The summed E-state index contributed by atoms with van der Waals surface area (Å²) in [5.74, 6) is -0.107. The number of aromatic hydroxyl groups is 1. The molecule has 0 saturated carbocycles. The van der Waals surface area contributed by atoms with Crippen molar-refractivity contribution in [3.63, 3.8) is 0 Å². The molecule has 1 atom stereocenters. The zero-order valence-electron chi connectivity index (χ0n) is 16.6. The van der Waals surface area contributed by atoms with Gasteiger partial charge >= 0.3 is 0 Å². The third kappa shape index (κ3) is 4.13. The molecule has 3 N–H and O–H groups in total. The molecule has 0 spiro atoms. The Hall–Kier alpha value is -3.35. The Labute approximate surface area is 190 Å². The van der Waals surface area contributed by atoms with Crippen LogP contribution >= 0.6 is 23.8 Å². The van der Waals surface area contributed by atoms with Gasteiger partial charge in [0.25, 0.3) is 0 Å². The number of carbonyl (C=O) groups excluding carboxylic acids is 1. The molecule has 0 fully saturated rings. The number of carbonyl (C=O) groups is 1. The van der Waals surface area contributed by atoms with Crippen molar-refractivity contribution in [1.82, 2.24) is 10.6 Å². The van der Waals surface area contributed by atoms with Crippen molar-refractivity contribution >= 4 is 40.4 Å². The predicted octanol–water partition coefficient (Wildman–Crippen LogP) is 4.87. The van der Waals surface area contributed by atoms with E-state index in [1.165, 1.54) is 7.11 Å². The lowest BCUT2D eigenvalue weighted by molar-refractivity contribution is 0.102. The number of rotatable bonds is 5. The number of Topliss-reactive ketones (excluding diaryl/α,β-unsaturated/α-hetero) is 1. The van der Waals surface area contributed by atoms with Gasteiger partial charge in [-0.1, -0.05) is 72.3 Å². The van der Waals surface area contributed by atoms with E-state index in [1.807, 2.05) is 48.5 Å². The van der Waals surface area contributed by atoms with Crippen LogP contribution in [0.4, 0.5) is 0 Å². The van der Waals surface area contributed by atoms with E-state index in [9.17, 15) is 9.90 Å². The molecule has 0 radical (unpaired) electrons. The highest BCUT2D eigenvalue weighted by atomic mass is 35.5. The molecule has 0 aliphatic carbocycles. The number of nitrogens with one attached hydrogen (secondary N) is 2. The van der Waals surface area contributed by atoms with Gasteiger partial charge in [0, 0.05) is 5.56 Å². The summed E-state index contributed by atoms with van der Waals surface area (Å²) in [6.07, 6.45) is 0. The van der Waals surface area contributed by atoms with Gasteiger partial charge in [-0.2, -0.15) is 0 Å². The van der Waals surface area contributed by atoms with Crippen molar-refractivity contribution in [2.45, 2.75) is 6.04 Å². The lowest BCUT2D eigenvalue weighted by Gasteiger charge is -2.32. The number of phenols is 1. The number of ketones is 1. The third-order valence-corrected chi connectivity index (χ3v) is 5.53. The second-order valence-electron chi connectivity index (χ2n) is 6.93. The first-order valence-corrected chi connectivity index (χ1v) is 10.3. The van der Waals surface area contributed by atoms with Crippen LogP contribution in [0.1, 0.15) is 27.5 Å². The molecule has 0 unspecified atom stereocenters. The number of hydrogen-bond acceptors (Lipinski definition) is 4. The van der Waals surface area contributed by atoms with Crippen molar-refractivity contribution in [2.24, 2.45) is 0 Å². The van der Waals surface area contributed by atoms with E-state index in [1.54, 1.807) is 24.3 Å². The minimum absolute atomic E-state index is 0.119. The average molecular weight is 451 g/mol. The Balaban J connectivity index is 1.96. The highest BCUT2D eigenvalue weighted by Gasteiger charge is 2.33. The smallest absolute Gasteiger partial charge is 0.193 e. The molecule has 1 aliphatic rings. The Bertz CT molecular complexity index is 1180. The van der Waals surface area contributed by atoms with Crippen LogP contribution in [0.3, 0.4) is 0 Å². The summed E-state index contributed by atoms with van der Waals surface area (Å²) in [7, 11) is 1.44. The van der Waals surface area contributed by atoms with Crippen LogP contribution in [0.15, 0.2) is 78.4 Å². The Morgan fingerprint density at radius 2 is 1.71 bits per heavy atom. The quantitative estimate of drug-likeness (QED) is 0.380. The zero-order chi connectivity index (χ0) is 22.0. The number of ether oxygens (including phenoxy) is 1. The van der Waals surface area contributed by atoms with E-state index >= 15 is 0 Å². The van der Waals surface area contributed by atoms with Crippen molar-refractivity contribution < 1.29 is 14.6 Å². The molecule has 0 bridgehead atoms. The first-order chi connectivity index (χ1) is 15.0. The zero-order valence-corrected chi connectivity index (χ0v) is 18.1. The molecule has 0 amide bonds. The van der Waals surface area contributed by atoms with Crippen LogP contribution in [-0.2, 0) is 0 Å². The average Bonchev–Trinajstić information content (AvgIpc) is 2.81. The Kier molecular flexibility index (Phi) is 5.93. The van der Waals surface area contributed by atoms with Gasteiger partial charge in [0.15, 0.2) is 22.4 Å². The van der Waals surface area contributed by atoms with Crippen molar-refractivity contribution in [2.75, 3.05) is 7.11 Å². The molecule has 4 rings (SSSR count). The van der Waals surface area contributed by atoms with Gasteiger partial charge < -0.3 is 20.5 Å². The fourth-order valence-electron chi connectivity index (χ4n) is 3.55. The molecule has 3 aromatic carbocycles. The van der Waals surface area contributed by atoms with Crippen LogP contribution in [0.25, 0.3) is 5.70 Å². The van der Waals surface area contributed by atoms with Gasteiger partial charge in [-0.05, 0) is 35.5 Å². The summed E-state index contributed by atoms with van der Waals surface area (Å²) in [6.45, 7) is 0. The van der Waals surface area contributed by atoms with Gasteiger partial charge in [-0.3, -0.25) is 4.79 Å². The lowest BCUT2D eigenvalue weighted by Crippen LogP contribution is -2.45. The van der Waals surface area contributed by atoms with Crippen molar-refractivity contribution in [1.29, 1.82) is 0 Å². The summed E-state index contributed by atoms with van der Waals surface area (Å²) >= 11 is 11.7. The molecule has 3 aromatic rings. The lowest BCUT2D eigenvalue weighted by atomic mass is 9.87. The standard InChI is InChI=1S/C24H19ClN2O3S/c1-30-18-13-16(12-17(25)23(18)29)21-19(22(28)15-10-6-3-7-11-15)20(26-24(31)27-21)14-8-4-2-5-9-14/h2-13,21,29H,1H3,(H2,26,27,31)/t21-/m0/s1. The monoisotopic (exact) mass is 450 g/mol. The number of methoxy groups -OCH3 is 1. The van der Waals surface area contributed by atoms with E-state index in [2.05, 4.69) is 10.6 Å². The summed E-state index contributed by atoms with van der Waals surface area (Å²) < 4.78 is 5.26. The van der Waals surface area contributed by atoms with Crippen LogP contribution < -0.4 is 15.4 Å². The summed E-state index contributed by atoms with van der Waals surface area (Å²) in [5.41, 5.74) is 3.11. The van der Waals surface area contributed by atoms with Crippen LogP contribution in [0.5, 0.6) is 11.5 Å². The van der Waals surface area contributed by atoms with E-state index < -0.39 is 6.04 Å². The highest BCUT2D eigenvalue weighted by Crippen LogP contribution is 2.40. The SMILES string of the molecule is COc1cc([C@@H]2NC(=S)NC(c3ccccc3)=C2C(=O)c2ccccc2)cc(Cl)c1O. The number of halogens is 1. The summed E-state index contributed by atoms with van der Waals surface area (Å²) in [4.78, 5) is 13.7. The van der Waals surface area contributed by atoms with Gasteiger partial charge in [0.1, 0.15) is 0 Å². The van der Waals surface area contributed by atoms with E-state index in [0.717, 1.165) is 5.56 Å². The van der Waals surface area contributed by atoms with E-state index in [-0.39, 0.29) is 22.3 Å². The van der Waals surface area contributed by atoms with E-state index in [0.29, 0.717) is 27.5 Å². The van der Waals surface area contributed by atoms with Crippen molar-refractivity contribution in [3.05, 3.63) is 100 Å². The molecule has 5 nitrogen and oxygen atoms in total. The topological polar surface area (TPSA) is 70.6 Å². The number of thiocarbonyl (C=S) groups is 1. The maximum atomic E-state index is 13.7. The fourth-order valence-corrected chi connectivity index (χ4v) is 3.99. The second-order valence-corrected chi connectivity index (χ2v) is 7.75. The first kappa shape index (κ1) is 20.9. The van der Waals surface area contributed by atoms with Gasteiger partial charge in [-0.15, -0.1) is 0 Å². The molecule has 7 heteroatoms. The minimum Gasteiger partial charge on any atom is -0.503 e. The second kappa shape index (κ2) is 8.79. The van der Waals surface area contributed by atoms with Gasteiger partial charge in [-0.25, -0.2) is 0 Å². The van der Waals surface area contributed by atoms with Gasteiger partial charge in [0.05, 0.1) is 29.4 Å². The third-order valence-electron chi connectivity index (χ3n) is 5.02.